The quantitative estimate of drug-likeness (QED) is 0.419. The van der Waals surface area contributed by atoms with Gasteiger partial charge in [-0.2, -0.15) is 0 Å². The van der Waals surface area contributed by atoms with Gasteiger partial charge in [0, 0.05) is 10.3 Å². The van der Waals surface area contributed by atoms with E-state index >= 15 is 0 Å². The van der Waals surface area contributed by atoms with E-state index in [0.717, 1.165) is 12.8 Å². The summed E-state index contributed by atoms with van der Waals surface area (Å²) in [5, 5.41) is 10.7. The summed E-state index contributed by atoms with van der Waals surface area (Å²) in [4.78, 5) is 21.7. The first-order chi connectivity index (χ1) is 7.38. The number of ether oxygens (including phenoxy) is 1. The van der Waals surface area contributed by atoms with Crippen molar-refractivity contribution in [3.05, 3.63) is 10.1 Å². The van der Waals surface area contributed by atoms with Crippen LogP contribution in [0.2, 0.25) is 0 Å². The van der Waals surface area contributed by atoms with E-state index < -0.39 is 5.41 Å². The van der Waals surface area contributed by atoms with Crippen molar-refractivity contribution < 1.29 is 14.5 Å². The molecule has 0 bridgehead atoms. The largest absolute Gasteiger partial charge is 0.469 e. The van der Waals surface area contributed by atoms with Gasteiger partial charge >= 0.3 is 5.97 Å². The molecule has 0 heterocycles. The lowest BCUT2D eigenvalue weighted by Crippen LogP contribution is -2.30. The summed E-state index contributed by atoms with van der Waals surface area (Å²) in [5.74, 6) is 0.525. The molecule has 0 saturated heterocycles. The van der Waals surface area contributed by atoms with Crippen LogP contribution in [-0.4, -0.2) is 24.5 Å². The van der Waals surface area contributed by atoms with Crippen molar-refractivity contribution in [2.24, 2.45) is 17.3 Å². The first kappa shape index (κ1) is 12.9. The van der Waals surface area contributed by atoms with Crippen molar-refractivity contribution in [2.45, 2.75) is 33.1 Å². The molecule has 1 saturated carbocycles. The Balaban J connectivity index is 2.78. The lowest BCUT2D eigenvalue weighted by Gasteiger charge is -2.23. The predicted molar refractivity (Wildman–Crippen MR) is 58.5 cm³/mol. The molecule has 92 valence electrons. The molecule has 0 amide bonds. The maximum absolute atomic E-state index is 11.3. The summed E-state index contributed by atoms with van der Waals surface area (Å²) < 4.78 is 4.63. The summed E-state index contributed by atoms with van der Waals surface area (Å²) in [6.45, 7) is 4.05. The van der Waals surface area contributed by atoms with Crippen molar-refractivity contribution in [2.75, 3.05) is 13.7 Å². The van der Waals surface area contributed by atoms with Crippen LogP contribution in [0.25, 0.3) is 0 Å². The Kier molecular flexibility index (Phi) is 3.88. The van der Waals surface area contributed by atoms with Crippen LogP contribution in [0.3, 0.4) is 0 Å². The lowest BCUT2D eigenvalue weighted by atomic mass is 9.81. The highest BCUT2D eigenvalue weighted by Crippen LogP contribution is 2.47. The fourth-order valence-electron chi connectivity index (χ4n) is 2.83. The zero-order valence-corrected chi connectivity index (χ0v) is 10.1. The Bertz CT molecular complexity index is 280. The normalized spacial score (nSPS) is 27.7. The molecule has 16 heavy (non-hydrogen) atoms. The molecular weight excluding hydrogens is 210 g/mol. The molecule has 0 N–H and O–H groups in total. The maximum atomic E-state index is 11.3. The van der Waals surface area contributed by atoms with E-state index in [0.29, 0.717) is 11.8 Å². The molecule has 0 spiro atoms. The molecular formula is C11H19NO4. The minimum absolute atomic E-state index is 0.128. The highest BCUT2D eigenvalue weighted by Gasteiger charge is 2.46. The Morgan fingerprint density at radius 3 is 2.31 bits per heavy atom. The van der Waals surface area contributed by atoms with E-state index in [2.05, 4.69) is 18.6 Å². The molecule has 5 nitrogen and oxygen atoms in total. The minimum Gasteiger partial charge on any atom is -0.469 e. The van der Waals surface area contributed by atoms with Gasteiger partial charge in [-0.3, -0.25) is 14.9 Å². The first-order valence-electron chi connectivity index (χ1n) is 5.57. The topological polar surface area (TPSA) is 69.4 Å². The average Bonchev–Trinajstić information content (AvgIpc) is 2.40. The van der Waals surface area contributed by atoms with Crippen LogP contribution in [0.15, 0.2) is 0 Å². The van der Waals surface area contributed by atoms with E-state index in [-0.39, 0.29) is 23.9 Å². The number of nitrogens with zero attached hydrogens (tertiary/aromatic N) is 1. The molecule has 0 aromatic heterocycles. The van der Waals surface area contributed by atoms with Gasteiger partial charge < -0.3 is 4.74 Å². The second kappa shape index (κ2) is 4.80. The summed E-state index contributed by atoms with van der Waals surface area (Å²) in [6.07, 6.45) is 1.65. The van der Waals surface area contributed by atoms with Crippen LogP contribution in [-0.2, 0) is 9.53 Å². The summed E-state index contributed by atoms with van der Waals surface area (Å²) in [6, 6.07) is 0. The van der Waals surface area contributed by atoms with Gasteiger partial charge in [-0.15, -0.1) is 0 Å². The molecule has 1 aliphatic rings. The number of esters is 1. The first-order valence-corrected chi connectivity index (χ1v) is 5.57. The Morgan fingerprint density at radius 1 is 1.44 bits per heavy atom. The summed E-state index contributed by atoms with van der Waals surface area (Å²) in [7, 11) is 1.32. The van der Waals surface area contributed by atoms with Crippen LogP contribution >= 0.6 is 0 Å². The minimum atomic E-state index is -0.491. The van der Waals surface area contributed by atoms with Crippen molar-refractivity contribution in [3.63, 3.8) is 0 Å². The average molecular weight is 229 g/mol. The molecule has 0 aromatic rings. The van der Waals surface area contributed by atoms with Crippen molar-refractivity contribution in [1.82, 2.24) is 0 Å². The van der Waals surface area contributed by atoms with Gasteiger partial charge in [0.15, 0.2) is 0 Å². The highest BCUT2D eigenvalue weighted by molar-refractivity contribution is 5.70. The molecule has 1 aliphatic carbocycles. The number of carbonyl (C=O) groups excluding carboxylic acids is 1. The van der Waals surface area contributed by atoms with E-state index in [1.54, 1.807) is 0 Å². The Labute approximate surface area is 95.3 Å². The fourth-order valence-corrected chi connectivity index (χ4v) is 2.83. The number of rotatable bonds is 4. The number of hydrogen-bond donors (Lipinski definition) is 0. The second-order valence-corrected chi connectivity index (χ2v) is 5.11. The number of carbonyl (C=O) groups is 1. The predicted octanol–water partition coefficient (Wildman–Crippen LogP) is 1.88. The second-order valence-electron chi connectivity index (χ2n) is 5.11. The molecule has 1 rings (SSSR count). The van der Waals surface area contributed by atoms with Gasteiger partial charge in [0.05, 0.1) is 13.5 Å². The molecule has 2 atom stereocenters. The fraction of sp³-hybridized carbons (Fsp3) is 0.909. The highest BCUT2D eigenvalue weighted by atomic mass is 16.6. The van der Waals surface area contributed by atoms with E-state index in [1.165, 1.54) is 7.11 Å². The molecule has 0 aromatic carbocycles. The maximum Gasteiger partial charge on any atom is 0.306 e. The third kappa shape index (κ3) is 2.93. The Hall–Kier alpha value is -1.13. The molecule has 5 heteroatoms. The van der Waals surface area contributed by atoms with E-state index in [9.17, 15) is 14.9 Å². The molecule has 0 aliphatic heterocycles. The van der Waals surface area contributed by atoms with Crippen LogP contribution in [0.4, 0.5) is 0 Å². The van der Waals surface area contributed by atoms with Gasteiger partial charge in [-0.1, -0.05) is 13.8 Å². The molecule has 1 fully saturated rings. The van der Waals surface area contributed by atoms with E-state index in [1.807, 2.05) is 0 Å². The van der Waals surface area contributed by atoms with Gasteiger partial charge in [0.1, 0.15) is 0 Å². The number of nitro groups is 1. The zero-order valence-electron chi connectivity index (χ0n) is 10.1. The van der Waals surface area contributed by atoms with Gasteiger partial charge in [0.2, 0.25) is 6.54 Å². The van der Waals surface area contributed by atoms with Crippen molar-refractivity contribution in [1.29, 1.82) is 0 Å². The molecule has 0 unspecified atom stereocenters. The third-order valence-electron chi connectivity index (χ3n) is 3.69. The van der Waals surface area contributed by atoms with Gasteiger partial charge in [-0.25, -0.2) is 0 Å². The van der Waals surface area contributed by atoms with Crippen LogP contribution < -0.4 is 0 Å². The van der Waals surface area contributed by atoms with E-state index in [4.69, 9.17) is 0 Å². The van der Waals surface area contributed by atoms with Crippen LogP contribution in [0.1, 0.15) is 33.1 Å². The summed E-state index contributed by atoms with van der Waals surface area (Å²) in [5.41, 5.74) is -0.491. The molecule has 0 radical (unpaired) electrons. The lowest BCUT2D eigenvalue weighted by molar-refractivity contribution is -0.497. The third-order valence-corrected chi connectivity index (χ3v) is 3.69. The smallest absolute Gasteiger partial charge is 0.306 e. The SMILES string of the molecule is COC(=O)CC1(C[N+](=O)[O-])C[C@H](C)[C@@H](C)C1. The van der Waals surface area contributed by atoms with Gasteiger partial charge in [-0.05, 0) is 24.7 Å². The standard InChI is InChI=1S/C11H19NO4/c1-8-4-11(5-9(8)2,7-12(14)15)6-10(13)16-3/h8-9H,4-7H2,1-3H3/t8-,9-/m0/s1. The Morgan fingerprint density at radius 2 is 1.94 bits per heavy atom. The number of hydrogen-bond acceptors (Lipinski definition) is 4. The van der Waals surface area contributed by atoms with Crippen molar-refractivity contribution in [3.8, 4) is 0 Å². The van der Waals surface area contributed by atoms with Gasteiger partial charge in [0.25, 0.3) is 0 Å². The van der Waals surface area contributed by atoms with Crippen molar-refractivity contribution >= 4 is 5.97 Å². The van der Waals surface area contributed by atoms with Crippen LogP contribution in [0, 0.1) is 27.4 Å². The number of methoxy groups -OCH3 is 1. The van der Waals surface area contributed by atoms with Crippen LogP contribution in [0.5, 0.6) is 0 Å². The zero-order chi connectivity index (χ0) is 12.3. The monoisotopic (exact) mass is 229 g/mol. The summed E-state index contributed by atoms with van der Waals surface area (Å²) >= 11 is 0.